The molecule has 0 bridgehead atoms. The van der Waals surface area contributed by atoms with Gasteiger partial charge in [-0.25, -0.2) is 0 Å². The van der Waals surface area contributed by atoms with Crippen LogP contribution in [0.15, 0.2) is 35.3 Å². The predicted octanol–water partition coefficient (Wildman–Crippen LogP) is 3.18. The molecule has 0 amide bonds. The van der Waals surface area contributed by atoms with Crippen LogP contribution < -0.4 is 10.6 Å². The molecule has 0 aromatic heterocycles. The molecule has 2 heterocycles. The van der Waals surface area contributed by atoms with Gasteiger partial charge in [0.1, 0.15) is 0 Å². The van der Waals surface area contributed by atoms with Crippen LogP contribution in [0.25, 0.3) is 0 Å². The van der Waals surface area contributed by atoms with Gasteiger partial charge in [-0.1, -0.05) is 18.2 Å². The Morgan fingerprint density at radius 3 is 2.84 bits per heavy atom. The number of nitrogens with zero attached hydrogens (tertiary/aromatic N) is 2. The van der Waals surface area contributed by atoms with Crippen molar-refractivity contribution in [1.82, 2.24) is 10.2 Å². The first-order chi connectivity index (χ1) is 11.8. The van der Waals surface area contributed by atoms with Gasteiger partial charge in [0.15, 0.2) is 5.96 Å². The summed E-state index contributed by atoms with van der Waals surface area (Å²) in [5, 5.41) is 6.89. The fourth-order valence-corrected chi connectivity index (χ4v) is 3.57. The van der Waals surface area contributed by atoms with Crippen molar-refractivity contribution in [3.8, 4) is 0 Å². The molecule has 0 radical (unpaired) electrons. The number of rotatable bonds is 6. The van der Waals surface area contributed by atoms with E-state index >= 15 is 0 Å². The highest BCUT2D eigenvalue weighted by Crippen LogP contribution is 2.38. The fraction of sp³-hybridized carbons (Fsp3) is 0.632. The van der Waals surface area contributed by atoms with Gasteiger partial charge in [0, 0.05) is 50.4 Å². The summed E-state index contributed by atoms with van der Waals surface area (Å²) >= 11 is 0. The van der Waals surface area contributed by atoms with Crippen molar-refractivity contribution in [2.75, 3.05) is 51.3 Å². The van der Waals surface area contributed by atoms with E-state index in [0.29, 0.717) is 5.41 Å². The van der Waals surface area contributed by atoms with E-state index < -0.39 is 0 Å². The Morgan fingerprint density at radius 2 is 2.12 bits per heavy atom. The second-order valence-electron chi connectivity index (χ2n) is 6.86. The molecular formula is C19H31IN4O. The van der Waals surface area contributed by atoms with E-state index in [1.165, 1.54) is 18.5 Å². The van der Waals surface area contributed by atoms with Crippen LogP contribution in [-0.2, 0) is 4.74 Å². The van der Waals surface area contributed by atoms with Crippen LogP contribution in [0.3, 0.4) is 0 Å². The Hall–Kier alpha value is -1.02. The number of nitrogens with one attached hydrogen (secondary N) is 2. The first-order valence-electron chi connectivity index (χ1n) is 9.21. The molecule has 2 saturated heterocycles. The molecule has 1 unspecified atom stereocenters. The standard InChI is InChI=1S/C19H30N4O.HI/c1-2-20-18(23-13-9-19(15-23)10-14-24-16-19)22-12-6-11-21-17-7-4-3-5-8-17;/h3-5,7-8,21H,2,6,9-16H2,1H3,(H,20,22);1H. The highest BCUT2D eigenvalue weighted by Gasteiger charge is 2.42. The van der Waals surface area contributed by atoms with Crippen molar-refractivity contribution < 1.29 is 4.74 Å². The molecule has 1 atom stereocenters. The third-order valence-corrected chi connectivity index (χ3v) is 4.96. The molecule has 2 aliphatic rings. The number of anilines is 1. The second-order valence-corrected chi connectivity index (χ2v) is 6.86. The number of aliphatic imine (C=N–C) groups is 1. The smallest absolute Gasteiger partial charge is 0.193 e. The number of hydrogen-bond acceptors (Lipinski definition) is 3. The second kappa shape index (κ2) is 10.2. The average molecular weight is 458 g/mol. The number of likely N-dealkylation sites (tertiary alicyclic amines) is 1. The molecular weight excluding hydrogens is 427 g/mol. The van der Waals surface area contributed by atoms with E-state index in [0.717, 1.165) is 58.3 Å². The van der Waals surface area contributed by atoms with Crippen LogP contribution in [0.1, 0.15) is 26.2 Å². The minimum absolute atomic E-state index is 0. The molecule has 2 aliphatic heterocycles. The van der Waals surface area contributed by atoms with Crippen molar-refractivity contribution in [2.45, 2.75) is 26.2 Å². The molecule has 1 aromatic rings. The third-order valence-electron chi connectivity index (χ3n) is 4.96. The summed E-state index contributed by atoms with van der Waals surface area (Å²) in [4.78, 5) is 7.25. The zero-order chi connectivity index (χ0) is 16.7. The minimum atomic E-state index is 0. The zero-order valence-corrected chi connectivity index (χ0v) is 17.5. The Bertz CT molecular complexity index is 531. The van der Waals surface area contributed by atoms with E-state index in [-0.39, 0.29) is 24.0 Å². The molecule has 25 heavy (non-hydrogen) atoms. The van der Waals surface area contributed by atoms with Crippen molar-refractivity contribution in [2.24, 2.45) is 10.4 Å². The normalized spacial score (nSPS) is 22.9. The quantitative estimate of drug-likeness (QED) is 0.298. The van der Waals surface area contributed by atoms with Gasteiger partial charge in [-0.05, 0) is 38.3 Å². The lowest BCUT2D eigenvalue weighted by molar-refractivity contribution is 0.156. The average Bonchev–Trinajstić information content (AvgIpc) is 3.25. The van der Waals surface area contributed by atoms with Gasteiger partial charge in [0.25, 0.3) is 0 Å². The van der Waals surface area contributed by atoms with Crippen LogP contribution in [0.2, 0.25) is 0 Å². The molecule has 3 rings (SSSR count). The van der Waals surface area contributed by atoms with Gasteiger partial charge < -0.3 is 20.3 Å². The summed E-state index contributed by atoms with van der Waals surface area (Å²) in [6.07, 6.45) is 3.46. The third kappa shape index (κ3) is 5.74. The van der Waals surface area contributed by atoms with Gasteiger partial charge in [0.05, 0.1) is 6.61 Å². The van der Waals surface area contributed by atoms with E-state index in [2.05, 4.69) is 46.7 Å². The summed E-state index contributed by atoms with van der Waals surface area (Å²) in [5.41, 5.74) is 1.56. The molecule has 1 spiro atoms. The lowest BCUT2D eigenvalue weighted by atomic mass is 9.87. The van der Waals surface area contributed by atoms with E-state index in [1.807, 2.05) is 6.07 Å². The van der Waals surface area contributed by atoms with Gasteiger partial charge in [0.2, 0.25) is 0 Å². The van der Waals surface area contributed by atoms with Crippen molar-refractivity contribution in [3.05, 3.63) is 30.3 Å². The molecule has 140 valence electrons. The SMILES string of the molecule is CCNC(=NCCCNc1ccccc1)N1CCC2(CCOC2)C1.I. The minimum Gasteiger partial charge on any atom is -0.385 e. The van der Waals surface area contributed by atoms with Crippen molar-refractivity contribution in [3.63, 3.8) is 0 Å². The van der Waals surface area contributed by atoms with Gasteiger partial charge in [-0.2, -0.15) is 0 Å². The van der Waals surface area contributed by atoms with E-state index in [9.17, 15) is 0 Å². The van der Waals surface area contributed by atoms with Crippen LogP contribution in [0.4, 0.5) is 5.69 Å². The van der Waals surface area contributed by atoms with Crippen molar-refractivity contribution >= 4 is 35.6 Å². The molecule has 2 fully saturated rings. The lowest BCUT2D eigenvalue weighted by Crippen LogP contribution is -2.41. The highest BCUT2D eigenvalue weighted by molar-refractivity contribution is 14.0. The fourth-order valence-electron chi connectivity index (χ4n) is 3.57. The lowest BCUT2D eigenvalue weighted by Gasteiger charge is -2.25. The Morgan fingerprint density at radius 1 is 1.28 bits per heavy atom. The number of hydrogen-bond donors (Lipinski definition) is 2. The maximum absolute atomic E-state index is 5.63. The first-order valence-corrected chi connectivity index (χ1v) is 9.21. The topological polar surface area (TPSA) is 48.9 Å². The Labute approximate surface area is 168 Å². The van der Waals surface area contributed by atoms with Crippen LogP contribution in [-0.4, -0.2) is 56.8 Å². The van der Waals surface area contributed by atoms with Gasteiger partial charge in [-0.15, -0.1) is 24.0 Å². The summed E-state index contributed by atoms with van der Waals surface area (Å²) in [6, 6.07) is 10.3. The van der Waals surface area contributed by atoms with Gasteiger partial charge in [-0.3, -0.25) is 4.99 Å². The van der Waals surface area contributed by atoms with Crippen LogP contribution in [0.5, 0.6) is 0 Å². The molecule has 0 saturated carbocycles. The number of guanidine groups is 1. The Balaban J connectivity index is 0.00000225. The number of para-hydroxylation sites is 1. The number of benzene rings is 1. The highest BCUT2D eigenvalue weighted by atomic mass is 127. The van der Waals surface area contributed by atoms with Crippen LogP contribution >= 0.6 is 24.0 Å². The summed E-state index contributed by atoms with van der Waals surface area (Å²) < 4.78 is 5.63. The molecule has 0 aliphatic carbocycles. The monoisotopic (exact) mass is 458 g/mol. The van der Waals surface area contributed by atoms with Crippen LogP contribution in [0, 0.1) is 5.41 Å². The Kier molecular flexibility index (Phi) is 8.29. The van der Waals surface area contributed by atoms with Crippen molar-refractivity contribution in [1.29, 1.82) is 0 Å². The molecule has 5 nitrogen and oxygen atoms in total. The molecule has 1 aromatic carbocycles. The first kappa shape index (κ1) is 20.3. The number of ether oxygens (including phenoxy) is 1. The maximum Gasteiger partial charge on any atom is 0.193 e. The summed E-state index contributed by atoms with van der Waals surface area (Å²) in [5.74, 6) is 1.07. The summed E-state index contributed by atoms with van der Waals surface area (Å²) in [6.45, 7) is 8.88. The molecule has 2 N–H and O–H groups in total. The zero-order valence-electron chi connectivity index (χ0n) is 15.2. The predicted molar refractivity (Wildman–Crippen MR) is 115 cm³/mol. The van der Waals surface area contributed by atoms with E-state index in [1.54, 1.807) is 0 Å². The van der Waals surface area contributed by atoms with Gasteiger partial charge >= 0.3 is 0 Å². The largest absolute Gasteiger partial charge is 0.385 e. The number of halogens is 1. The van der Waals surface area contributed by atoms with E-state index in [4.69, 9.17) is 9.73 Å². The summed E-state index contributed by atoms with van der Waals surface area (Å²) in [7, 11) is 0. The maximum atomic E-state index is 5.63. The molecule has 6 heteroatoms.